The number of aromatic amines is 1. The quantitative estimate of drug-likeness (QED) is 0.603. The molecule has 0 bridgehead atoms. The van der Waals surface area contributed by atoms with Gasteiger partial charge in [-0.25, -0.2) is 9.67 Å². The van der Waals surface area contributed by atoms with E-state index >= 15 is 0 Å². The molecular formula is C18H17N7S. The maximum atomic E-state index is 4.63. The van der Waals surface area contributed by atoms with Gasteiger partial charge in [-0.05, 0) is 17.7 Å². The van der Waals surface area contributed by atoms with Crippen LogP contribution in [0.1, 0.15) is 28.6 Å². The average Bonchev–Trinajstić information content (AvgIpc) is 3.41. The molecule has 1 unspecified atom stereocenters. The number of nitrogens with one attached hydrogen (secondary N) is 1. The molecule has 130 valence electrons. The molecule has 1 aliphatic heterocycles. The fourth-order valence-electron chi connectivity index (χ4n) is 3.63. The van der Waals surface area contributed by atoms with Crippen LogP contribution in [0.2, 0.25) is 0 Å². The summed E-state index contributed by atoms with van der Waals surface area (Å²) in [5, 5.41) is 4.30. The minimum atomic E-state index is 0.0863. The molecule has 0 spiro atoms. The Morgan fingerprint density at radius 1 is 1.31 bits per heavy atom. The van der Waals surface area contributed by atoms with Crippen LogP contribution in [0.5, 0.6) is 0 Å². The van der Waals surface area contributed by atoms with Gasteiger partial charge in [-0.2, -0.15) is 13.8 Å². The van der Waals surface area contributed by atoms with E-state index in [-0.39, 0.29) is 6.04 Å². The van der Waals surface area contributed by atoms with Gasteiger partial charge < -0.3 is 4.98 Å². The monoisotopic (exact) mass is 363 g/mol. The highest BCUT2D eigenvalue weighted by molar-refractivity contribution is 7.00. The molecule has 0 aliphatic carbocycles. The van der Waals surface area contributed by atoms with Gasteiger partial charge in [0.2, 0.25) is 0 Å². The van der Waals surface area contributed by atoms with Crippen LogP contribution in [0.4, 0.5) is 0 Å². The van der Waals surface area contributed by atoms with Crippen molar-refractivity contribution >= 4 is 29.0 Å². The lowest BCUT2D eigenvalue weighted by Gasteiger charge is -2.35. The van der Waals surface area contributed by atoms with Crippen LogP contribution in [0.15, 0.2) is 43.5 Å². The first-order chi connectivity index (χ1) is 12.8. The summed E-state index contributed by atoms with van der Waals surface area (Å²) >= 11 is 1.25. The lowest BCUT2D eigenvalue weighted by Crippen LogP contribution is -2.35. The fraction of sp³-hybridized carbons (Fsp3) is 0.222. The van der Waals surface area contributed by atoms with Crippen LogP contribution in [0, 0.1) is 0 Å². The molecule has 5 rings (SSSR count). The molecule has 8 heteroatoms. The van der Waals surface area contributed by atoms with Crippen LogP contribution in [0.3, 0.4) is 0 Å². The number of nitrogens with zero attached hydrogens (tertiary/aromatic N) is 6. The molecule has 4 heterocycles. The number of hydrogen-bond donors (Lipinski definition) is 1. The van der Waals surface area contributed by atoms with Crippen LogP contribution >= 0.6 is 11.7 Å². The Kier molecular flexibility index (Phi) is 3.65. The smallest absolute Gasteiger partial charge is 0.105 e. The van der Waals surface area contributed by atoms with Gasteiger partial charge in [-0.15, -0.1) is 0 Å². The van der Waals surface area contributed by atoms with Gasteiger partial charge in [-0.1, -0.05) is 12.6 Å². The number of hydrogen-bond acceptors (Lipinski definition) is 6. The molecule has 0 saturated carbocycles. The highest BCUT2D eigenvalue weighted by atomic mass is 32.1. The van der Waals surface area contributed by atoms with Crippen LogP contribution in [0.25, 0.3) is 17.2 Å². The lowest BCUT2D eigenvalue weighted by atomic mass is 9.95. The normalized spacial score (nSPS) is 17.5. The molecular weight excluding hydrogens is 346 g/mol. The van der Waals surface area contributed by atoms with E-state index in [1.165, 1.54) is 23.0 Å². The number of imidazole rings is 1. The summed E-state index contributed by atoms with van der Waals surface area (Å²) in [7, 11) is 0. The Balaban J connectivity index is 1.55. The van der Waals surface area contributed by atoms with E-state index < -0.39 is 0 Å². The van der Waals surface area contributed by atoms with Crippen LogP contribution < -0.4 is 0 Å². The van der Waals surface area contributed by atoms with E-state index in [1.54, 1.807) is 17.2 Å². The standard InChI is InChI=1S/C18H17N7S/c1-2-25-10-12(8-21-25)9-24-6-5-15-17(20-11-19-15)18(24)13-3-4-14-16(7-13)23-26-22-14/h2-4,7-8,10-11,18H,1,5-6,9H2,(H,19,20). The van der Waals surface area contributed by atoms with Gasteiger partial charge in [0.1, 0.15) is 11.0 Å². The third-order valence-corrected chi connectivity index (χ3v) is 5.40. The summed E-state index contributed by atoms with van der Waals surface area (Å²) in [6.45, 7) is 5.52. The summed E-state index contributed by atoms with van der Waals surface area (Å²) < 4.78 is 10.5. The minimum Gasteiger partial charge on any atom is -0.348 e. The maximum absolute atomic E-state index is 4.63. The van der Waals surface area contributed by atoms with Gasteiger partial charge in [0, 0.05) is 43.2 Å². The first-order valence-electron chi connectivity index (χ1n) is 8.46. The topological polar surface area (TPSA) is 75.5 Å². The SMILES string of the molecule is C=Cn1cc(CN2CCc3[nH]cnc3C2c2ccc3nsnc3c2)cn1. The van der Waals surface area contributed by atoms with E-state index in [4.69, 9.17) is 0 Å². The van der Waals surface area contributed by atoms with Crippen molar-refractivity contribution in [2.45, 2.75) is 19.0 Å². The number of benzene rings is 1. The maximum Gasteiger partial charge on any atom is 0.105 e. The molecule has 7 nitrogen and oxygen atoms in total. The second-order valence-corrected chi connectivity index (χ2v) is 6.94. The zero-order valence-corrected chi connectivity index (χ0v) is 14.9. The largest absolute Gasteiger partial charge is 0.348 e. The molecule has 0 saturated heterocycles. The molecule has 4 aromatic rings. The van der Waals surface area contributed by atoms with Crippen molar-refractivity contribution in [1.82, 2.24) is 33.4 Å². The molecule has 3 aromatic heterocycles. The highest BCUT2D eigenvalue weighted by Crippen LogP contribution is 2.35. The number of H-pyrrole nitrogens is 1. The molecule has 1 atom stereocenters. The molecule has 0 fully saturated rings. The Labute approximate surface area is 154 Å². The first-order valence-corrected chi connectivity index (χ1v) is 9.19. The molecule has 1 aromatic carbocycles. The van der Waals surface area contributed by atoms with Gasteiger partial charge in [-0.3, -0.25) is 4.90 Å². The minimum absolute atomic E-state index is 0.0863. The Bertz CT molecular complexity index is 1080. The molecule has 1 N–H and O–H groups in total. The Morgan fingerprint density at radius 2 is 2.23 bits per heavy atom. The zero-order valence-electron chi connectivity index (χ0n) is 14.0. The highest BCUT2D eigenvalue weighted by Gasteiger charge is 2.31. The Hall–Kier alpha value is -2.84. The second kappa shape index (κ2) is 6.15. The molecule has 26 heavy (non-hydrogen) atoms. The van der Waals surface area contributed by atoms with E-state index in [0.29, 0.717) is 0 Å². The predicted octanol–water partition coefficient (Wildman–Crippen LogP) is 2.86. The summed E-state index contributed by atoms with van der Waals surface area (Å²) in [5.41, 5.74) is 6.53. The molecule has 0 amide bonds. The Morgan fingerprint density at radius 3 is 3.12 bits per heavy atom. The van der Waals surface area contributed by atoms with Gasteiger partial charge >= 0.3 is 0 Å². The molecule has 1 aliphatic rings. The zero-order chi connectivity index (χ0) is 17.5. The van der Waals surface area contributed by atoms with E-state index in [1.807, 2.05) is 18.5 Å². The average molecular weight is 363 g/mol. The first kappa shape index (κ1) is 15.4. The number of aromatic nitrogens is 6. The third-order valence-electron chi connectivity index (χ3n) is 4.85. The summed E-state index contributed by atoms with van der Waals surface area (Å²) in [6, 6.07) is 6.40. The summed E-state index contributed by atoms with van der Waals surface area (Å²) in [5.74, 6) is 0. The van der Waals surface area contributed by atoms with Crippen molar-refractivity contribution in [2.24, 2.45) is 0 Å². The second-order valence-electron chi connectivity index (χ2n) is 6.41. The lowest BCUT2D eigenvalue weighted by molar-refractivity contribution is 0.200. The predicted molar refractivity (Wildman–Crippen MR) is 101 cm³/mol. The van der Waals surface area contributed by atoms with Crippen molar-refractivity contribution in [2.75, 3.05) is 6.54 Å². The van der Waals surface area contributed by atoms with E-state index in [9.17, 15) is 0 Å². The van der Waals surface area contributed by atoms with E-state index in [0.717, 1.165) is 41.8 Å². The van der Waals surface area contributed by atoms with Crippen molar-refractivity contribution in [3.05, 3.63) is 66.0 Å². The van der Waals surface area contributed by atoms with Crippen molar-refractivity contribution < 1.29 is 0 Å². The van der Waals surface area contributed by atoms with Gasteiger partial charge in [0.15, 0.2) is 0 Å². The van der Waals surface area contributed by atoms with Crippen LogP contribution in [-0.4, -0.2) is 39.9 Å². The van der Waals surface area contributed by atoms with Crippen molar-refractivity contribution in [3.8, 4) is 0 Å². The van der Waals surface area contributed by atoms with Gasteiger partial charge in [0.25, 0.3) is 0 Å². The fourth-order valence-corrected chi connectivity index (χ4v) is 4.14. The summed E-state index contributed by atoms with van der Waals surface area (Å²) in [6.07, 6.45) is 8.36. The summed E-state index contributed by atoms with van der Waals surface area (Å²) in [4.78, 5) is 10.4. The van der Waals surface area contributed by atoms with Crippen molar-refractivity contribution in [1.29, 1.82) is 0 Å². The van der Waals surface area contributed by atoms with Crippen molar-refractivity contribution in [3.63, 3.8) is 0 Å². The molecule has 0 radical (unpaired) electrons. The third kappa shape index (κ3) is 2.54. The van der Waals surface area contributed by atoms with Crippen LogP contribution in [-0.2, 0) is 13.0 Å². The van der Waals surface area contributed by atoms with Gasteiger partial charge in [0.05, 0.1) is 36.0 Å². The van der Waals surface area contributed by atoms with E-state index in [2.05, 4.69) is 47.4 Å². The number of fused-ring (bicyclic) bond motifs is 2. The number of rotatable bonds is 4.